The first kappa shape index (κ1) is 17.8. The Bertz CT molecular complexity index is 424. The maximum atomic E-state index is 12.5. The van der Waals surface area contributed by atoms with E-state index in [1.54, 1.807) is 0 Å². The van der Waals surface area contributed by atoms with Gasteiger partial charge < -0.3 is 15.0 Å². The molecule has 1 heterocycles. The third-order valence-corrected chi connectivity index (χ3v) is 4.91. The molecule has 0 bridgehead atoms. The second kappa shape index (κ2) is 8.89. The molecule has 2 rings (SSSR count). The number of carbonyl (C=O) groups is 3. The molecule has 130 valence electrons. The second-order valence-electron chi connectivity index (χ2n) is 6.58. The van der Waals surface area contributed by atoms with Crippen LogP contribution in [0.15, 0.2) is 0 Å². The van der Waals surface area contributed by atoms with Crippen LogP contribution in [-0.4, -0.2) is 48.9 Å². The maximum absolute atomic E-state index is 12.5. The van der Waals surface area contributed by atoms with Crippen molar-refractivity contribution in [3.8, 4) is 0 Å². The molecular weight excluding hydrogens is 296 g/mol. The van der Waals surface area contributed by atoms with Gasteiger partial charge in [0, 0.05) is 31.5 Å². The summed E-state index contributed by atoms with van der Waals surface area (Å²) in [4.78, 5) is 37.3. The Morgan fingerprint density at radius 3 is 2.26 bits per heavy atom. The lowest BCUT2D eigenvalue weighted by Crippen LogP contribution is -2.48. The third kappa shape index (κ3) is 5.52. The van der Waals surface area contributed by atoms with Crippen LogP contribution >= 0.6 is 0 Å². The van der Waals surface area contributed by atoms with Gasteiger partial charge in [-0.3, -0.25) is 14.4 Å². The van der Waals surface area contributed by atoms with Gasteiger partial charge in [-0.05, 0) is 25.7 Å². The van der Waals surface area contributed by atoms with E-state index in [1.807, 2.05) is 4.90 Å². The van der Waals surface area contributed by atoms with Crippen molar-refractivity contribution in [1.82, 2.24) is 10.2 Å². The highest BCUT2D eigenvalue weighted by molar-refractivity contribution is 5.81. The maximum Gasteiger partial charge on any atom is 0.306 e. The first-order valence-electron chi connectivity index (χ1n) is 8.75. The molecule has 0 aromatic carbocycles. The summed E-state index contributed by atoms with van der Waals surface area (Å²) in [7, 11) is 1.32. The van der Waals surface area contributed by atoms with E-state index in [-0.39, 0.29) is 36.7 Å². The third-order valence-electron chi connectivity index (χ3n) is 4.91. The molecule has 2 aliphatic rings. The van der Waals surface area contributed by atoms with E-state index >= 15 is 0 Å². The molecule has 0 radical (unpaired) electrons. The molecule has 2 amide bonds. The largest absolute Gasteiger partial charge is 0.469 e. The van der Waals surface area contributed by atoms with Gasteiger partial charge in [0.15, 0.2) is 0 Å². The molecule has 1 N–H and O–H groups in total. The van der Waals surface area contributed by atoms with E-state index in [4.69, 9.17) is 0 Å². The molecule has 0 atom stereocenters. The van der Waals surface area contributed by atoms with Gasteiger partial charge in [-0.15, -0.1) is 0 Å². The molecule has 1 aliphatic carbocycles. The van der Waals surface area contributed by atoms with Gasteiger partial charge in [-0.1, -0.05) is 19.3 Å². The van der Waals surface area contributed by atoms with Crippen LogP contribution in [0.25, 0.3) is 0 Å². The van der Waals surface area contributed by atoms with Crippen molar-refractivity contribution in [3.05, 3.63) is 0 Å². The Balaban J connectivity index is 1.68. The van der Waals surface area contributed by atoms with Crippen LogP contribution in [0.3, 0.4) is 0 Å². The number of likely N-dealkylation sites (tertiary alicyclic amines) is 1. The minimum atomic E-state index is -0.368. The molecule has 0 unspecified atom stereocenters. The number of piperidine rings is 1. The van der Waals surface area contributed by atoms with Crippen molar-refractivity contribution < 1.29 is 19.1 Å². The minimum Gasteiger partial charge on any atom is -0.469 e. The average Bonchev–Trinajstić information content (AvgIpc) is 2.60. The standard InChI is InChI=1S/C17H28N2O4/c1-23-16(21)8-7-15(20)18-14-9-11-19(12-10-14)17(22)13-5-3-2-4-6-13/h13-14H,2-12H2,1H3,(H,18,20). The summed E-state index contributed by atoms with van der Waals surface area (Å²) in [6.07, 6.45) is 7.52. The molecule has 2 fully saturated rings. The summed E-state index contributed by atoms with van der Waals surface area (Å²) in [6.45, 7) is 1.44. The number of hydrogen-bond acceptors (Lipinski definition) is 4. The molecule has 23 heavy (non-hydrogen) atoms. The predicted molar refractivity (Wildman–Crippen MR) is 85.6 cm³/mol. The summed E-state index contributed by atoms with van der Waals surface area (Å²) in [5.41, 5.74) is 0. The van der Waals surface area contributed by atoms with Crippen LogP contribution in [0, 0.1) is 5.92 Å². The predicted octanol–water partition coefficient (Wildman–Crippen LogP) is 1.63. The Hall–Kier alpha value is -1.59. The van der Waals surface area contributed by atoms with Gasteiger partial charge in [-0.25, -0.2) is 0 Å². The average molecular weight is 324 g/mol. The zero-order chi connectivity index (χ0) is 16.7. The van der Waals surface area contributed by atoms with E-state index in [2.05, 4.69) is 10.1 Å². The highest BCUT2D eigenvalue weighted by atomic mass is 16.5. The molecule has 1 aliphatic heterocycles. The lowest BCUT2D eigenvalue weighted by molar-refractivity contribution is -0.142. The number of rotatable bonds is 5. The number of hydrogen-bond donors (Lipinski definition) is 1. The lowest BCUT2D eigenvalue weighted by Gasteiger charge is -2.35. The van der Waals surface area contributed by atoms with Crippen molar-refractivity contribution in [3.63, 3.8) is 0 Å². The van der Waals surface area contributed by atoms with Crippen LogP contribution in [-0.2, 0) is 19.1 Å². The molecule has 6 heteroatoms. The molecule has 0 aromatic rings. The van der Waals surface area contributed by atoms with E-state index in [0.29, 0.717) is 5.91 Å². The van der Waals surface area contributed by atoms with Crippen molar-refractivity contribution in [2.45, 2.75) is 63.8 Å². The van der Waals surface area contributed by atoms with Crippen LogP contribution in [0.2, 0.25) is 0 Å². The number of amides is 2. The summed E-state index contributed by atoms with van der Waals surface area (Å²) in [5.74, 6) is 0.0376. The van der Waals surface area contributed by atoms with Gasteiger partial charge >= 0.3 is 5.97 Å². The van der Waals surface area contributed by atoms with Crippen molar-refractivity contribution >= 4 is 17.8 Å². The van der Waals surface area contributed by atoms with Gasteiger partial charge in [0.25, 0.3) is 0 Å². The molecule has 6 nitrogen and oxygen atoms in total. The first-order chi connectivity index (χ1) is 11.1. The molecule has 0 spiro atoms. The Morgan fingerprint density at radius 1 is 1.00 bits per heavy atom. The summed E-state index contributed by atoms with van der Waals surface area (Å²) < 4.78 is 4.53. The smallest absolute Gasteiger partial charge is 0.306 e. The highest BCUT2D eigenvalue weighted by Gasteiger charge is 2.29. The fourth-order valence-corrected chi connectivity index (χ4v) is 3.47. The number of ether oxygens (including phenoxy) is 1. The molecule has 0 aromatic heterocycles. The first-order valence-corrected chi connectivity index (χ1v) is 8.75. The molecule has 1 saturated carbocycles. The van der Waals surface area contributed by atoms with Crippen LogP contribution in [0.1, 0.15) is 57.8 Å². The van der Waals surface area contributed by atoms with Gasteiger partial charge in [0.05, 0.1) is 13.5 Å². The van der Waals surface area contributed by atoms with Gasteiger partial charge in [-0.2, -0.15) is 0 Å². The second-order valence-corrected chi connectivity index (χ2v) is 6.58. The van der Waals surface area contributed by atoms with Gasteiger partial charge in [0.1, 0.15) is 0 Å². The Kier molecular flexibility index (Phi) is 6.86. The number of esters is 1. The number of carbonyl (C=O) groups excluding carboxylic acids is 3. The summed E-state index contributed by atoms with van der Waals surface area (Å²) in [5, 5.41) is 2.95. The van der Waals surface area contributed by atoms with Crippen molar-refractivity contribution in [2.75, 3.05) is 20.2 Å². The van der Waals surface area contributed by atoms with E-state index in [1.165, 1.54) is 26.4 Å². The van der Waals surface area contributed by atoms with E-state index in [9.17, 15) is 14.4 Å². The van der Waals surface area contributed by atoms with E-state index in [0.717, 1.165) is 38.8 Å². The Morgan fingerprint density at radius 2 is 1.65 bits per heavy atom. The quantitative estimate of drug-likeness (QED) is 0.780. The SMILES string of the molecule is COC(=O)CCC(=O)NC1CCN(C(=O)C2CCCCC2)CC1. The zero-order valence-electron chi connectivity index (χ0n) is 14.0. The van der Waals surface area contributed by atoms with Crippen LogP contribution < -0.4 is 5.32 Å². The Labute approximate surface area is 137 Å². The monoisotopic (exact) mass is 324 g/mol. The van der Waals surface area contributed by atoms with E-state index < -0.39 is 0 Å². The lowest BCUT2D eigenvalue weighted by atomic mass is 9.87. The normalized spacial score (nSPS) is 20.1. The van der Waals surface area contributed by atoms with Crippen LogP contribution in [0.5, 0.6) is 0 Å². The zero-order valence-corrected chi connectivity index (χ0v) is 14.0. The highest BCUT2D eigenvalue weighted by Crippen LogP contribution is 2.26. The van der Waals surface area contributed by atoms with Crippen LogP contribution in [0.4, 0.5) is 0 Å². The topological polar surface area (TPSA) is 75.7 Å². The van der Waals surface area contributed by atoms with Gasteiger partial charge in [0.2, 0.25) is 11.8 Å². The van der Waals surface area contributed by atoms with Crippen molar-refractivity contribution in [2.24, 2.45) is 5.92 Å². The number of nitrogens with zero attached hydrogens (tertiary/aromatic N) is 1. The molecule has 1 saturated heterocycles. The van der Waals surface area contributed by atoms with Crippen molar-refractivity contribution in [1.29, 1.82) is 0 Å². The fourth-order valence-electron chi connectivity index (χ4n) is 3.47. The summed E-state index contributed by atoms with van der Waals surface area (Å²) in [6, 6.07) is 0.107. The minimum absolute atomic E-state index is 0.107. The number of nitrogens with one attached hydrogen (secondary N) is 1. The summed E-state index contributed by atoms with van der Waals surface area (Å²) >= 11 is 0. The molecular formula is C17H28N2O4. The fraction of sp³-hybridized carbons (Fsp3) is 0.824. The number of methoxy groups -OCH3 is 1.